The molecule has 4 nitrogen and oxygen atoms in total. The van der Waals surface area contributed by atoms with E-state index < -0.39 is 0 Å². The fraction of sp³-hybridized carbons (Fsp3) is 0.308. The first-order valence-electron chi connectivity index (χ1n) is 5.72. The predicted octanol–water partition coefficient (Wildman–Crippen LogP) is 2.78. The standard InChI is InChI=1S/C13H16BrN3O/c1-9-11(8-16-17-9)7-15-6-10-3-4-13(18-2)12(14)5-10/h3-5,8,15H,6-7H2,1-2H3,(H,16,17). The summed E-state index contributed by atoms with van der Waals surface area (Å²) in [6, 6.07) is 6.08. The van der Waals surface area contributed by atoms with Crippen LogP contribution in [-0.4, -0.2) is 17.3 Å². The number of aryl methyl sites for hydroxylation is 1. The SMILES string of the molecule is COc1ccc(CNCc2cn[nH]c2C)cc1Br. The molecule has 0 bridgehead atoms. The number of nitrogens with zero attached hydrogens (tertiary/aromatic N) is 1. The minimum absolute atomic E-state index is 0.811. The van der Waals surface area contributed by atoms with Crippen LogP contribution in [0, 0.1) is 6.92 Å². The Morgan fingerprint density at radius 1 is 1.39 bits per heavy atom. The Hall–Kier alpha value is -1.33. The summed E-state index contributed by atoms with van der Waals surface area (Å²) in [6.07, 6.45) is 1.85. The van der Waals surface area contributed by atoms with Crippen LogP contribution in [0.25, 0.3) is 0 Å². The largest absolute Gasteiger partial charge is 0.496 e. The first kappa shape index (κ1) is 13.1. The molecule has 1 heterocycles. The summed E-state index contributed by atoms with van der Waals surface area (Å²) < 4.78 is 6.18. The van der Waals surface area contributed by atoms with Crippen LogP contribution in [0.5, 0.6) is 5.75 Å². The number of benzene rings is 1. The van der Waals surface area contributed by atoms with Gasteiger partial charge >= 0.3 is 0 Å². The van der Waals surface area contributed by atoms with Gasteiger partial charge in [0.1, 0.15) is 5.75 Å². The highest BCUT2D eigenvalue weighted by atomic mass is 79.9. The molecule has 0 unspecified atom stereocenters. The second-order valence-corrected chi connectivity index (χ2v) is 4.95. The summed E-state index contributed by atoms with van der Waals surface area (Å²) in [5, 5.41) is 10.3. The van der Waals surface area contributed by atoms with Gasteiger partial charge in [0.25, 0.3) is 0 Å². The Morgan fingerprint density at radius 3 is 2.83 bits per heavy atom. The first-order chi connectivity index (χ1) is 8.70. The maximum absolute atomic E-state index is 5.20. The van der Waals surface area contributed by atoms with E-state index in [1.165, 1.54) is 11.1 Å². The predicted molar refractivity (Wildman–Crippen MR) is 74.6 cm³/mol. The van der Waals surface area contributed by atoms with Crippen molar-refractivity contribution >= 4 is 15.9 Å². The first-order valence-corrected chi connectivity index (χ1v) is 6.52. The van der Waals surface area contributed by atoms with E-state index in [9.17, 15) is 0 Å². The van der Waals surface area contributed by atoms with Crippen molar-refractivity contribution in [2.24, 2.45) is 0 Å². The number of halogens is 1. The van der Waals surface area contributed by atoms with Crippen molar-refractivity contribution in [3.05, 3.63) is 45.7 Å². The number of ether oxygens (including phenoxy) is 1. The lowest BCUT2D eigenvalue weighted by Crippen LogP contribution is -2.12. The van der Waals surface area contributed by atoms with Crippen LogP contribution in [0.15, 0.2) is 28.9 Å². The highest BCUT2D eigenvalue weighted by Crippen LogP contribution is 2.25. The monoisotopic (exact) mass is 309 g/mol. The van der Waals surface area contributed by atoms with Crippen LogP contribution in [0.3, 0.4) is 0 Å². The van der Waals surface area contributed by atoms with Gasteiger partial charge in [0.15, 0.2) is 0 Å². The van der Waals surface area contributed by atoms with E-state index in [2.05, 4.69) is 43.6 Å². The van der Waals surface area contributed by atoms with Gasteiger partial charge in [-0.15, -0.1) is 0 Å². The number of hydrogen-bond donors (Lipinski definition) is 2. The zero-order valence-electron chi connectivity index (χ0n) is 10.5. The van der Waals surface area contributed by atoms with Crippen LogP contribution in [-0.2, 0) is 13.1 Å². The number of nitrogens with one attached hydrogen (secondary N) is 2. The topological polar surface area (TPSA) is 49.9 Å². The zero-order valence-corrected chi connectivity index (χ0v) is 12.0. The fourth-order valence-corrected chi connectivity index (χ4v) is 2.30. The number of methoxy groups -OCH3 is 1. The number of aromatic amines is 1. The van der Waals surface area contributed by atoms with Gasteiger partial charge in [0, 0.05) is 24.3 Å². The van der Waals surface area contributed by atoms with Crippen molar-refractivity contribution in [1.82, 2.24) is 15.5 Å². The number of aromatic nitrogens is 2. The second-order valence-electron chi connectivity index (χ2n) is 4.09. The molecule has 0 saturated carbocycles. The van der Waals surface area contributed by atoms with Crippen LogP contribution in [0.2, 0.25) is 0 Å². The van der Waals surface area contributed by atoms with Gasteiger partial charge in [-0.3, -0.25) is 5.10 Å². The average molecular weight is 310 g/mol. The molecule has 18 heavy (non-hydrogen) atoms. The molecule has 96 valence electrons. The van der Waals surface area contributed by atoms with E-state index >= 15 is 0 Å². The third-order valence-corrected chi connectivity index (χ3v) is 3.41. The lowest BCUT2D eigenvalue weighted by molar-refractivity contribution is 0.412. The lowest BCUT2D eigenvalue weighted by Gasteiger charge is -2.07. The van der Waals surface area contributed by atoms with Crippen molar-refractivity contribution in [2.75, 3.05) is 7.11 Å². The van der Waals surface area contributed by atoms with E-state index in [1.807, 2.05) is 19.2 Å². The number of hydrogen-bond acceptors (Lipinski definition) is 3. The van der Waals surface area contributed by atoms with Crippen LogP contribution in [0.4, 0.5) is 0 Å². The van der Waals surface area contributed by atoms with Crippen LogP contribution < -0.4 is 10.1 Å². The van der Waals surface area contributed by atoms with E-state index in [-0.39, 0.29) is 0 Å². The minimum Gasteiger partial charge on any atom is -0.496 e. The average Bonchev–Trinajstić information content (AvgIpc) is 2.75. The molecule has 1 aromatic heterocycles. The molecular weight excluding hydrogens is 294 g/mol. The molecule has 0 aliphatic rings. The lowest BCUT2D eigenvalue weighted by atomic mass is 10.2. The molecule has 0 aliphatic carbocycles. The van der Waals surface area contributed by atoms with Crippen molar-refractivity contribution < 1.29 is 4.74 Å². The van der Waals surface area contributed by atoms with E-state index in [0.29, 0.717) is 0 Å². The summed E-state index contributed by atoms with van der Waals surface area (Å²) in [5.41, 5.74) is 3.52. The molecule has 0 spiro atoms. The summed E-state index contributed by atoms with van der Waals surface area (Å²) in [6.45, 7) is 3.65. The Kier molecular flexibility index (Phi) is 4.38. The molecule has 5 heteroatoms. The Morgan fingerprint density at radius 2 is 2.22 bits per heavy atom. The highest BCUT2D eigenvalue weighted by molar-refractivity contribution is 9.10. The zero-order chi connectivity index (χ0) is 13.0. The molecule has 0 atom stereocenters. The minimum atomic E-state index is 0.811. The Balaban J connectivity index is 1.91. The molecule has 1 aromatic carbocycles. The van der Waals surface area contributed by atoms with E-state index in [4.69, 9.17) is 4.74 Å². The maximum Gasteiger partial charge on any atom is 0.133 e. The van der Waals surface area contributed by atoms with Gasteiger partial charge in [0.05, 0.1) is 17.8 Å². The summed E-state index contributed by atoms with van der Waals surface area (Å²) in [4.78, 5) is 0. The van der Waals surface area contributed by atoms with Gasteiger partial charge in [0.2, 0.25) is 0 Å². The molecule has 0 radical (unpaired) electrons. The third kappa shape index (κ3) is 3.11. The second kappa shape index (κ2) is 6.02. The molecule has 0 saturated heterocycles. The summed E-state index contributed by atoms with van der Waals surface area (Å²) in [5.74, 6) is 0.851. The van der Waals surface area contributed by atoms with Gasteiger partial charge < -0.3 is 10.1 Å². The maximum atomic E-state index is 5.20. The van der Waals surface area contributed by atoms with Crippen molar-refractivity contribution in [3.8, 4) is 5.75 Å². The molecular formula is C13H16BrN3O. The molecule has 0 fully saturated rings. The highest BCUT2D eigenvalue weighted by Gasteiger charge is 2.02. The van der Waals surface area contributed by atoms with Crippen LogP contribution >= 0.6 is 15.9 Å². The Bertz CT molecular complexity index is 525. The normalized spacial score (nSPS) is 10.6. The molecule has 2 rings (SSSR count). The molecule has 2 aromatic rings. The van der Waals surface area contributed by atoms with Crippen molar-refractivity contribution in [3.63, 3.8) is 0 Å². The number of rotatable bonds is 5. The quantitative estimate of drug-likeness (QED) is 0.893. The molecule has 0 aliphatic heterocycles. The van der Waals surface area contributed by atoms with Crippen molar-refractivity contribution in [2.45, 2.75) is 20.0 Å². The summed E-state index contributed by atoms with van der Waals surface area (Å²) in [7, 11) is 1.67. The van der Waals surface area contributed by atoms with Gasteiger partial charge in [-0.1, -0.05) is 6.07 Å². The fourth-order valence-electron chi connectivity index (χ4n) is 1.72. The summed E-state index contributed by atoms with van der Waals surface area (Å²) >= 11 is 3.48. The third-order valence-electron chi connectivity index (χ3n) is 2.80. The van der Waals surface area contributed by atoms with E-state index in [1.54, 1.807) is 7.11 Å². The van der Waals surface area contributed by atoms with Gasteiger partial charge in [-0.25, -0.2) is 0 Å². The number of H-pyrrole nitrogens is 1. The smallest absolute Gasteiger partial charge is 0.133 e. The molecule has 0 amide bonds. The van der Waals surface area contributed by atoms with E-state index in [0.717, 1.165) is 29.0 Å². The van der Waals surface area contributed by atoms with Crippen LogP contribution in [0.1, 0.15) is 16.8 Å². The van der Waals surface area contributed by atoms with Gasteiger partial charge in [-0.05, 0) is 40.5 Å². The van der Waals surface area contributed by atoms with Crippen molar-refractivity contribution in [1.29, 1.82) is 0 Å². The van der Waals surface area contributed by atoms with Gasteiger partial charge in [-0.2, -0.15) is 5.10 Å². The molecule has 2 N–H and O–H groups in total. The Labute approximate surface area is 115 Å².